The number of ether oxygens (including phenoxy) is 1. The quantitative estimate of drug-likeness (QED) is 0.707. The zero-order chi connectivity index (χ0) is 14.3. The molecule has 0 saturated heterocycles. The van der Waals surface area contributed by atoms with Crippen LogP contribution in [0.15, 0.2) is 36.4 Å². The van der Waals surface area contributed by atoms with Gasteiger partial charge in [0.25, 0.3) is 0 Å². The minimum Gasteiger partial charge on any atom is -0.497 e. The van der Waals surface area contributed by atoms with Crippen molar-refractivity contribution >= 4 is 34.9 Å². The zero-order valence-corrected chi connectivity index (χ0v) is 12.1. The average molecular weight is 309 g/mol. The molecule has 1 aromatic heterocycles. The van der Waals surface area contributed by atoms with Crippen LogP contribution in [0.25, 0.3) is 16.7 Å². The summed E-state index contributed by atoms with van der Waals surface area (Å²) in [6.45, 7) is 0. The Labute approximate surface area is 124 Å². The summed E-state index contributed by atoms with van der Waals surface area (Å²) in [5, 5.41) is 0.0616. The summed E-state index contributed by atoms with van der Waals surface area (Å²) in [5.41, 5.74) is 2.11. The first-order valence-electron chi connectivity index (χ1n) is 5.84. The van der Waals surface area contributed by atoms with Crippen LogP contribution < -0.4 is 4.74 Å². The molecule has 0 fully saturated rings. The fourth-order valence-corrected chi connectivity index (χ4v) is 2.59. The van der Waals surface area contributed by atoms with Crippen LogP contribution in [0, 0.1) is 10.6 Å². The largest absolute Gasteiger partial charge is 0.497 e. The predicted octanol–water partition coefficient (Wildman–Crippen LogP) is 4.49. The highest BCUT2D eigenvalue weighted by Crippen LogP contribution is 2.26. The number of aromatic amines is 1. The molecule has 0 atom stereocenters. The number of nitrogens with zero attached hydrogens (tertiary/aromatic N) is 1. The number of hydrogen-bond acceptors (Lipinski definition) is 2. The summed E-state index contributed by atoms with van der Waals surface area (Å²) >= 11 is 11.1. The summed E-state index contributed by atoms with van der Waals surface area (Å²) < 4.78 is 21.1. The van der Waals surface area contributed by atoms with Gasteiger partial charge in [0.05, 0.1) is 28.9 Å². The second-order valence-electron chi connectivity index (χ2n) is 4.25. The van der Waals surface area contributed by atoms with Crippen LogP contribution in [0.2, 0.25) is 5.02 Å². The van der Waals surface area contributed by atoms with Gasteiger partial charge in [0.1, 0.15) is 11.6 Å². The number of imidazole rings is 1. The van der Waals surface area contributed by atoms with E-state index < -0.39 is 5.82 Å². The zero-order valence-electron chi connectivity index (χ0n) is 10.5. The van der Waals surface area contributed by atoms with Crippen LogP contribution in [-0.2, 0) is 0 Å². The molecule has 102 valence electrons. The number of rotatable bonds is 2. The monoisotopic (exact) mass is 308 g/mol. The molecular weight excluding hydrogens is 299 g/mol. The van der Waals surface area contributed by atoms with Gasteiger partial charge in [-0.1, -0.05) is 17.7 Å². The average Bonchev–Trinajstić information content (AvgIpc) is 2.74. The van der Waals surface area contributed by atoms with Crippen LogP contribution in [0.1, 0.15) is 0 Å². The number of methoxy groups -OCH3 is 1. The molecule has 0 unspecified atom stereocenters. The van der Waals surface area contributed by atoms with E-state index in [1.165, 1.54) is 12.1 Å². The lowest BCUT2D eigenvalue weighted by molar-refractivity contribution is 0.414. The first-order valence-corrected chi connectivity index (χ1v) is 6.63. The highest BCUT2D eigenvalue weighted by Gasteiger charge is 2.11. The Kier molecular flexibility index (Phi) is 3.23. The van der Waals surface area contributed by atoms with Crippen molar-refractivity contribution in [3.8, 4) is 11.4 Å². The molecule has 0 saturated carbocycles. The molecule has 3 nitrogen and oxygen atoms in total. The number of aromatic nitrogens is 2. The molecule has 20 heavy (non-hydrogen) atoms. The molecule has 0 aliphatic carbocycles. The van der Waals surface area contributed by atoms with E-state index in [0.29, 0.717) is 21.6 Å². The summed E-state index contributed by atoms with van der Waals surface area (Å²) in [7, 11) is 1.59. The topological polar surface area (TPSA) is 29.9 Å². The van der Waals surface area contributed by atoms with Crippen molar-refractivity contribution in [2.75, 3.05) is 7.11 Å². The van der Waals surface area contributed by atoms with Crippen LogP contribution in [0.4, 0.5) is 4.39 Å². The lowest BCUT2D eigenvalue weighted by atomic mass is 10.2. The molecule has 1 heterocycles. The van der Waals surface area contributed by atoms with E-state index in [9.17, 15) is 4.39 Å². The Morgan fingerprint density at radius 1 is 1.30 bits per heavy atom. The normalized spacial score (nSPS) is 10.9. The van der Waals surface area contributed by atoms with Gasteiger partial charge in [-0.15, -0.1) is 0 Å². The predicted molar refractivity (Wildman–Crippen MR) is 80.0 cm³/mol. The van der Waals surface area contributed by atoms with Gasteiger partial charge in [-0.3, -0.25) is 4.57 Å². The van der Waals surface area contributed by atoms with Crippen LogP contribution in [0.3, 0.4) is 0 Å². The summed E-state index contributed by atoms with van der Waals surface area (Å²) in [6.07, 6.45) is 0. The van der Waals surface area contributed by atoms with Gasteiger partial charge in [0.2, 0.25) is 0 Å². The molecule has 0 amide bonds. The molecule has 3 aromatic rings. The third-order valence-electron chi connectivity index (χ3n) is 3.04. The molecule has 0 radical (unpaired) electrons. The van der Waals surface area contributed by atoms with Crippen molar-refractivity contribution in [1.82, 2.24) is 9.55 Å². The molecule has 2 aromatic carbocycles. The maximum atomic E-state index is 13.7. The Balaban J connectivity index is 2.32. The summed E-state index contributed by atoms with van der Waals surface area (Å²) in [4.78, 5) is 3.02. The molecule has 0 spiro atoms. The third kappa shape index (κ3) is 2.09. The Morgan fingerprint density at radius 3 is 2.85 bits per heavy atom. The SMILES string of the molecule is COc1cccc(-n2c(=S)[nH]c3cc(Cl)c(F)cc32)c1. The lowest BCUT2D eigenvalue weighted by Gasteiger charge is -2.07. The minimum atomic E-state index is -0.482. The maximum absolute atomic E-state index is 13.7. The van der Waals surface area contributed by atoms with Crippen LogP contribution in [0.5, 0.6) is 5.75 Å². The molecule has 0 aliphatic rings. The summed E-state index contributed by atoms with van der Waals surface area (Å²) in [6, 6.07) is 10.3. The van der Waals surface area contributed by atoms with E-state index >= 15 is 0 Å². The van der Waals surface area contributed by atoms with E-state index in [1.54, 1.807) is 11.7 Å². The van der Waals surface area contributed by atoms with Gasteiger partial charge in [0.15, 0.2) is 4.77 Å². The van der Waals surface area contributed by atoms with Crippen molar-refractivity contribution in [3.63, 3.8) is 0 Å². The van der Waals surface area contributed by atoms with Gasteiger partial charge in [-0.2, -0.15) is 0 Å². The maximum Gasteiger partial charge on any atom is 0.182 e. The number of benzene rings is 2. The number of fused-ring (bicyclic) bond motifs is 1. The number of nitrogens with one attached hydrogen (secondary N) is 1. The van der Waals surface area contributed by atoms with Gasteiger partial charge < -0.3 is 9.72 Å². The Morgan fingerprint density at radius 2 is 2.10 bits per heavy atom. The fourth-order valence-electron chi connectivity index (χ4n) is 2.11. The first kappa shape index (κ1) is 13.1. The number of halogens is 2. The minimum absolute atomic E-state index is 0.0616. The Hall–Kier alpha value is -1.85. The standard InChI is InChI=1S/C14H10ClFN2OS/c1-19-9-4-2-3-8(5-9)18-13-7-11(16)10(15)6-12(13)17-14(18)20/h2-7H,1H3,(H,17,20). The smallest absolute Gasteiger partial charge is 0.182 e. The Bertz CT molecular complexity index is 856. The van der Waals surface area contributed by atoms with Crippen molar-refractivity contribution in [1.29, 1.82) is 0 Å². The first-order chi connectivity index (χ1) is 9.60. The number of H-pyrrole nitrogens is 1. The van der Waals surface area contributed by atoms with Crippen molar-refractivity contribution in [3.05, 3.63) is 52.0 Å². The highest BCUT2D eigenvalue weighted by atomic mass is 35.5. The molecule has 3 rings (SSSR count). The molecule has 6 heteroatoms. The second kappa shape index (κ2) is 4.92. The van der Waals surface area contributed by atoms with E-state index in [4.69, 9.17) is 28.6 Å². The number of hydrogen-bond donors (Lipinski definition) is 1. The highest BCUT2D eigenvalue weighted by molar-refractivity contribution is 7.71. The van der Waals surface area contributed by atoms with E-state index in [0.717, 1.165) is 5.69 Å². The van der Waals surface area contributed by atoms with Crippen molar-refractivity contribution in [2.45, 2.75) is 0 Å². The molecule has 1 N–H and O–H groups in total. The third-order valence-corrected chi connectivity index (χ3v) is 3.61. The molecular formula is C14H10ClFN2OS. The fraction of sp³-hybridized carbons (Fsp3) is 0.0714. The summed E-state index contributed by atoms with van der Waals surface area (Å²) in [5.74, 6) is 0.220. The van der Waals surface area contributed by atoms with Crippen LogP contribution >= 0.6 is 23.8 Å². The molecule has 0 bridgehead atoms. The van der Waals surface area contributed by atoms with Crippen LogP contribution in [-0.4, -0.2) is 16.7 Å². The van der Waals surface area contributed by atoms with Gasteiger partial charge in [-0.25, -0.2) is 4.39 Å². The second-order valence-corrected chi connectivity index (χ2v) is 5.04. The van der Waals surface area contributed by atoms with E-state index in [1.807, 2.05) is 24.3 Å². The van der Waals surface area contributed by atoms with E-state index in [2.05, 4.69) is 4.98 Å². The van der Waals surface area contributed by atoms with E-state index in [-0.39, 0.29) is 5.02 Å². The van der Waals surface area contributed by atoms with Gasteiger partial charge in [0, 0.05) is 12.1 Å². The van der Waals surface area contributed by atoms with Gasteiger partial charge >= 0.3 is 0 Å². The van der Waals surface area contributed by atoms with Crippen molar-refractivity contribution in [2.24, 2.45) is 0 Å². The lowest BCUT2D eigenvalue weighted by Crippen LogP contribution is -1.95. The van der Waals surface area contributed by atoms with Gasteiger partial charge in [-0.05, 0) is 30.4 Å². The van der Waals surface area contributed by atoms with Crippen molar-refractivity contribution < 1.29 is 9.13 Å². The molecule has 0 aliphatic heterocycles.